The Labute approximate surface area is 172 Å². The highest BCUT2D eigenvalue weighted by Crippen LogP contribution is 2.23. The molecule has 1 unspecified atom stereocenters. The second kappa shape index (κ2) is 8.74. The summed E-state index contributed by atoms with van der Waals surface area (Å²) in [6, 6.07) is 3.03. The first-order valence-electron chi connectivity index (χ1n) is 9.75. The normalized spacial score (nSPS) is 17.0. The van der Waals surface area contributed by atoms with Crippen molar-refractivity contribution >= 4 is 11.8 Å². The number of halogens is 2. The van der Waals surface area contributed by atoms with Gasteiger partial charge in [0.25, 0.3) is 11.8 Å². The molecule has 0 aliphatic carbocycles. The van der Waals surface area contributed by atoms with Gasteiger partial charge < -0.3 is 19.5 Å². The quantitative estimate of drug-likeness (QED) is 0.827. The van der Waals surface area contributed by atoms with E-state index in [0.29, 0.717) is 19.7 Å². The predicted molar refractivity (Wildman–Crippen MR) is 105 cm³/mol. The molecule has 0 saturated carbocycles. The summed E-state index contributed by atoms with van der Waals surface area (Å²) in [5, 5.41) is 2.47. The molecule has 1 atom stereocenters. The van der Waals surface area contributed by atoms with Gasteiger partial charge in [-0.25, -0.2) is 8.78 Å². The van der Waals surface area contributed by atoms with Crippen LogP contribution < -0.4 is 10.7 Å². The summed E-state index contributed by atoms with van der Waals surface area (Å²) < 4.78 is 33.8. The summed E-state index contributed by atoms with van der Waals surface area (Å²) in [6.45, 7) is 6.49. The number of carbonyl (C=O) groups excluding carboxylic acids is 2. The van der Waals surface area contributed by atoms with Crippen molar-refractivity contribution in [1.29, 1.82) is 0 Å². The molecule has 2 aliphatic rings. The standard InChI is InChI=1S/C19H17F2N3O4.C2H6/c1-10-16-19(27)24-4-5-28-15(24)9-23(16)8-13(17(10)25)18(26)22-7-11-2-3-12(20)6-14(11)21;1-2/h2-3,6,8,15H,4-5,7,9H2,1H3,(H,22,26);1-2H3. The van der Waals surface area contributed by atoms with E-state index in [-0.39, 0.29) is 34.8 Å². The molecule has 0 spiro atoms. The third-order valence-electron chi connectivity index (χ3n) is 5.02. The fourth-order valence-corrected chi connectivity index (χ4v) is 3.54. The Kier molecular flexibility index (Phi) is 6.31. The van der Waals surface area contributed by atoms with Gasteiger partial charge in [0, 0.05) is 36.5 Å². The van der Waals surface area contributed by atoms with Crippen molar-refractivity contribution in [3.63, 3.8) is 0 Å². The maximum Gasteiger partial charge on any atom is 0.273 e. The molecule has 1 saturated heterocycles. The first kappa shape index (κ1) is 21.6. The number of nitrogens with zero attached hydrogens (tertiary/aromatic N) is 2. The summed E-state index contributed by atoms with van der Waals surface area (Å²) in [5.41, 5.74) is -0.197. The van der Waals surface area contributed by atoms with Crippen LogP contribution in [0.3, 0.4) is 0 Å². The van der Waals surface area contributed by atoms with Crippen molar-refractivity contribution in [2.45, 2.75) is 40.1 Å². The summed E-state index contributed by atoms with van der Waals surface area (Å²) in [5.74, 6) is -2.51. The Morgan fingerprint density at radius 2 is 2.00 bits per heavy atom. The smallest absolute Gasteiger partial charge is 0.273 e. The lowest BCUT2D eigenvalue weighted by Crippen LogP contribution is -2.47. The summed E-state index contributed by atoms with van der Waals surface area (Å²) in [7, 11) is 0. The van der Waals surface area contributed by atoms with Crippen molar-refractivity contribution in [2.75, 3.05) is 13.2 Å². The third-order valence-corrected chi connectivity index (χ3v) is 5.02. The number of fused-ring (bicyclic) bond motifs is 2. The van der Waals surface area contributed by atoms with E-state index in [0.717, 1.165) is 12.1 Å². The molecule has 0 radical (unpaired) electrons. The third kappa shape index (κ3) is 3.85. The molecule has 7 nitrogen and oxygen atoms in total. The molecule has 3 heterocycles. The Balaban J connectivity index is 0.00000124. The number of amides is 2. The zero-order valence-corrected chi connectivity index (χ0v) is 17.0. The number of benzene rings is 1. The van der Waals surface area contributed by atoms with Gasteiger partial charge in [0.05, 0.1) is 13.2 Å². The maximum absolute atomic E-state index is 13.7. The number of hydrogen-bond acceptors (Lipinski definition) is 4. The first-order valence-corrected chi connectivity index (χ1v) is 9.75. The number of carbonyl (C=O) groups is 2. The monoisotopic (exact) mass is 419 g/mol. The van der Waals surface area contributed by atoms with Crippen LogP contribution in [-0.2, 0) is 17.8 Å². The van der Waals surface area contributed by atoms with Crippen LogP contribution in [0, 0.1) is 18.6 Å². The molecule has 1 N–H and O–H groups in total. The lowest BCUT2D eigenvalue weighted by molar-refractivity contribution is 0.00880. The van der Waals surface area contributed by atoms with Crippen LogP contribution in [0.25, 0.3) is 0 Å². The molecule has 2 aliphatic heterocycles. The Morgan fingerprint density at radius 1 is 1.27 bits per heavy atom. The van der Waals surface area contributed by atoms with Crippen LogP contribution in [-0.4, -0.2) is 40.7 Å². The van der Waals surface area contributed by atoms with Crippen LogP contribution in [0.15, 0.2) is 29.2 Å². The molecule has 9 heteroatoms. The molecule has 160 valence electrons. The molecule has 4 rings (SSSR count). The fourth-order valence-electron chi connectivity index (χ4n) is 3.54. The van der Waals surface area contributed by atoms with Crippen LogP contribution in [0.2, 0.25) is 0 Å². The molecule has 30 heavy (non-hydrogen) atoms. The Morgan fingerprint density at radius 3 is 2.70 bits per heavy atom. The van der Waals surface area contributed by atoms with Gasteiger partial charge >= 0.3 is 0 Å². The SMILES string of the molecule is CC.Cc1c2n(cc(C(=O)NCc3ccc(F)cc3F)c1=O)CC1OCCN1C2=O. The van der Waals surface area contributed by atoms with Crippen molar-refractivity contribution in [3.8, 4) is 0 Å². The minimum absolute atomic E-state index is 0.0923. The summed E-state index contributed by atoms with van der Waals surface area (Å²) >= 11 is 0. The second-order valence-electron chi connectivity index (χ2n) is 6.74. The van der Waals surface area contributed by atoms with Crippen molar-refractivity contribution in [3.05, 3.63) is 68.6 Å². The minimum Gasteiger partial charge on any atom is -0.355 e. The highest BCUT2D eigenvalue weighted by atomic mass is 19.1. The number of hydrogen-bond donors (Lipinski definition) is 1. The highest BCUT2D eigenvalue weighted by molar-refractivity contribution is 5.98. The van der Waals surface area contributed by atoms with Gasteiger partial charge in [0.15, 0.2) is 11.7 Å². The van der Waals surface area contributed by atoms with Gasteiger partial charge in [-0.3, -0.25) is 14.4 Å². The Bertz CT molecular complexity index is 1050. The van der Waals surface area contributed by atoms with E-state index >= 15 is 0 Å². The second-order valence-corrected chi connectivity index (χ2v) is 6.74. The van der Waals surface area contributed by atoms with Gasteiger partial charge in [0.2, 0.25) is 0 Å². The first-order chi connectivity index (χ1) is 14.4. The molecular formula is C21H23F2N3O4. The highest BCUT2D eigenvalue weighted by Gasteiger charge is 2.38. The molecule has 0 bridgehead atoms. The molecule has 1 aromatic heterocycles. The van der Waals surface area contributed by atoms with E-state index in [1.54, 1.807) is 9.47 Å². The minimum atomic E-state index is -0.789. The van der Waals surface area contributed by atoms with E-state index in [9.17, 15) is 23.2 Å². The molecule has 1 fully saturated rings. The average molecular weight is 419 g/mol. The summed E-state index contributed by atoms with van der Waals surface area (Å²) in [6.07, 6.45) is 0.906. The van der Waals surface area contributed by atoms with Crippen molar-refractivity contribution in [2.24, 2.45) is 0 Å². The van der Waals surface area contributed by atoms with E-state index in [1.165, 1.54) is 19.2 Å². The van der Waals surface area contributed by atoms with Crippen LogP contribution in [0.4, 0.5) is 8.78 Å². The lowest BCUT2D eigenvalue weighted by atomic mass is 10.1. The fraction of sp³-hybridized carbons (Fsp3) is 0.381. The number of aromatic nitrogens is 1. The number of nitrogens with one attached hydrogen (secondary N) is 1. The molecule has 2 amide bonds. The van der Waals surface area contributed by atoms with Crippen molar-refractivity contribution in [1.82, 2.24) is 14.8 Å². The lowest BCUT2D eigenvalue weighted by Gasteiger charge is -2.32. The predicted octanol–water partition coefficient (Wildman–Crippen LogP) is 2.20. The summed E-state index contributed by atoms with van der Waals surface area (Å²) in [4.78, 5) is 39.4. The van der Waals surface area contributed by atoms with Gasteiger partial charge in [0.1, 0.15) is 22.9 Å². The van der Waals surface area contributed by atoms with Crippen LogP contribution in [0.1, 0.15) is 45.8 Å². The van der Waals surface area contributed by atoms with Crippen LogP contribution >= 0.6 is 0 Å². The van der Waals surface area contributed by atoms with E-state index in [1.807, 2.05) is 13.8 Å². The van der Waals surface area contributed by atoms with E-state index < -0.39 is 29.2 Å². The van der Waals surface area contributed by atoms with E-state index in [4.69, 9.17) is 4.74 Å². The zero-order valence-electron chi connectivity index (χ0n) is 17.0. The number of rotatable bonds is 3. The van der Waals surface area contributed by atoms with Crippen molar-refractivity contribution < 1.29 is 23.1 Å². The average Bonchev–Trinajstić information content (AvgIpc) is 3.20. The van der Waals surface area contributed by atoms with Gasteiger partial charge in [-0.1, -0.05) is 19.9 Å². The topological polar surface area (TPSA) is 80.6 Å². The van der Waals surface area contributed by atoms with Crippen LogP contribution in [0.5, 0.6) is 0 Å². The number of pyridine rings is 1. The molecule has 1 aromatic carbocycles. The molecular weight excluding hydrogens is 396 g/mol. The van der Waals surface area contributed by atoms with E-state index in [2.05, 4.69) is 5.32 Å². The van der Waals surface area contributed by atoms with Gasteiger partial charge in [-0.05, 0) is 13.0 Å². The zero-order chi connectivity index (χ0) is 22.0. The largest absolute Gasteiger partial charge is 0.355 e. The Hall–Kier alpha value is -3.07. The van der Waals surface area contributed by atoms with Gasteiger partial charge in [-0.15, -0.1) is 0 Å². The number of ether oxygens (including phenoxy) is 1. The maximum atomic E-state index is 13.7. The molecule has 2 aromatic rings. The van der Waals surface area contributed by atoms with Gasteiger partial charge in [-0.2, -0.15) is 0 Å².